The van der Waals surface area contributed by atoms with Crippen molar-refractivity contribution in [1.82, 2.24) is 15.4 Å². The Hall–Kier alpha value is -3.15. The van der Waals surface area contributed by atoms with Crippen LogP contribution in [0.1, 0.15) is 5.69 Å². The van der Waals surface area contributed by atoms with Crippen LogP contribution in [0.15, 0.2) is 53.2 Å². The molecule has 0 saturated carbocycles. The van der Waals surface area contributed by atoms with Gasteiger partial charge in [0.25, 0.3) is 0 Å². The van der Waals surface area contributed by atoms with E-state index in [1.165, 1.54) is 0 Å². The maximum atomic E-state index is 12.2. The Morgan fingerprint density at radius 2 is 2.14 bits per heavy atom. The van der Waals surface area contributed by atoms with Gasteiger partial charge in [-0.15, -0.1) is 0 Å². The molecule has 1 amide bonds. The lowest BCUT2D eigenvalue weighted by Gasteiger charge is -2.04. The van der Waals surface area contributed by atoms with Gasteiger partial charge >= 0.3 is 0 Å². The molecule has 6 heteroatoms. The number of aromatic amines is 1. The number of para-hydroxylation sites is 1. The van der Waals surface area contributed by atoms with Gasteiger partial charge in [0.2, 0.25) is 5.91 Å². The molecule has 0 atom stereocenters. The molecule has 22 heavy (non-hydrogen) atoms. The lowest BCUT2D eigenvalue weighted by Crippen LogP contribution is -2.14. The lowest BCUT2D eigenvalue weighted by molar-refractivity contribution is -0.115. The van der Waals surface area contributed by atoms with Crippen LogP contribution >= 0.6 is 0 Å². The Bertz CT molecular complexity index is 970. The highest BCUT2D eigenvalue weighted by Crippen LogP contribution is 2.20. The van der Waals surface area contributed by atoms with E-state index < -0.39 is 0 Å². The molecule has 2 N–H and O–H groups in total. The van der Waals surface area contributed by atoms with Gasteiger partial charge in [-0.2, -0.15) is 5.10 Å². The van der Waals surface area contributed by atoms with Crippen molar-refractivity contribution in [1.29, 1.82) is 0 Å². The summed E-state index contributed by atoms with van der Waals surface area (Å²) < 4.78 is 5.20. The third-order valence-electron chi connectivity index (χ3n) is 3.51. The third-order valence-corrected chi connectivity index (χ3v) is 3.51. The SMILES string of the molecule is O=C(Cc1noc2ccccc12)Nc1ccc2cn[nH]c2c1. The van der Waals surface area contributed by atoms with E-state index in [0.717, 1.165) is 22.0 Å². The first-order valence-electron chi connectivity index (χ1n) is 6.86. The van der Waals surface area contributed by atoms with Gasteiger partial charge in [0.05, 0.1) is 18.1 Å². The van der Waals surface area contributed by atoms with Crippen molar-refractivity contribution in [2.75, 3.05) is 5.32 Å². The molecule has 0 unspecified atom stereocenters. The number of H-pyrrole nitrogens is 1. The number of anilines is 1. The first kappa shape index (κ1) is 12.6. The highest BCUT2D eigenvalue weighted by atomic mass is 16.5. The van der Waals surface area contributed by atoms with Crippen molar-refractivity contribution in [2.24, 2.45) is 0 Å². The van der Waals surface area contributed by atoms with Crippen LogP contribution in [0.4, 0.5) is 5.69 Å². The molecular formula is C16H12N4O2. The predicted octanol–water partition coefficient (Wildman–Crippen LogP) is 2.89. The van der Waals surface area contributed by atoms with E-state index >= 15 is 0 Å². The summed E-state index contributed by atoms with van der Waals surface area (Å²) in [6.07, 6.45) is 1.90. The molecule has 0 radical (unpaired) electrons. The second kappa shape index (κ2) is 5.00. The maximum Gasteiger partial charge on any atom is 0.230 e. The second-order valence-corrected chi connectivity index (χ2v) is 5.02. The zero-order chi connectivity index (χ0) is 14.9. The number of aromatic nitrogens is 3. The molecule has 0 aliphatic carbocycles. The van der Waals surface area contributed by atoms with Gasteiger partial charge in [0, 0.05) is 16.5 Å². The molecule has 2 heterocycles. The topological polar surface area (TPSA) is 83.8 Å². The quantitative estimate of drug-likeness (QED) is 0.608. The average molecular weight is 292 g/mol. The summed E-state index contributed by atoms with van der Waals surface area (Å²) in [5, 5.41) is 15.5. The molecule has 0 aliphatic heterocycles. The van der Waals surface area contributed by atoms with Gasteiger partial charge in [-0.3, -0.25) is 9.89 Å². The molecule has 0 spiro atoms. The van der Waals surface area contributed by atoms with Crippen molar-refractivity contribution < 1.29 is 9.32 Å². The van der Waals surface area contributed by atoms with Crippen molar-refractivity contribution in [3.05, 3.63) is 54.4 Å². The van der Waals surface area contributed by atoms with Gasteiger partial charge in [0.1, 0.15) is 5.69 Å². The fourth-order valence-corrected chi connectivity index (χ4v) is 2.44. The van der Waals surface area contributed by atoms with Gasteiger partial charge in [-0.25, -0.2) is 0 Å². The maximum absolute atomic E-state index is 12.2. The molecule has 0 fully saturated rings. The van der Waals surface area contributed by atoms with Crippen LogP contribution in [0.3, 0.4) is 0 Å². The van der Waals surface area contributed by atoms with Crippen LogP contribution in [-0.4, -0.2) is 21.3 Å². The minimum Gasteiger partial charge on any atom is -0.356 e. The van der Waals surface area contributed by atoms with Crippen molar-refractivity contribution in [3.63, 3.8) is 0 Å². The number of carbonyl (C=O) groups is 1. The van der Waals surface area contributed by atoms with Crippen molar-refractivity contribution in [2.45, 2.75) is 6.42 Å². The summed E-state index contributed by atoms with van der Waals surface area (Å²) in [6, 6.07) is 13.1. The first-order valence-corrected chi connectivity index (χ1v) is 6.86. The number of carbonyl (C=O) groups excluding carboxylic acids is 1. The van der Waals surface area contributed by atoms with Crippen LogP contribution in [-0.2, 0) is 11.2 Å². The van der Waals surface area contributed by atoms with E-state index in [-0.39, 0.29) is 12.3 Å². The number of fused-ring (bicyclic) bond motifs is 2. The third kappa shape index (κ3) is 2.20. The predicted molar refractivity (Wildman–Crippen MR) is 82.4 cm³/mol. The summed E-state index contributed by atoms with van der Waals surface area (Å²) in [7, 11) is 0. The number of rotatable bonds is 3. The van der Waals surface area contributed by atoms with Crippen LogP contribution in [0.25, 0.3) is 21.9 Å². The van der Waals surface area contributed by atoms with Crippen LogP contribution in [0, 0.1) is 0 Å². The van der Waals surface area contributed by atoms with Gasteiger partial charge in [-0.05, 0) is 30.3 Å². The minimum atomic E-state index is -0.141. The monoisotopic (exact) mass is 292 g/mol. The molecule has 6 nitrogen and oxygen atoms in total. The van der Waals surface area contributed by atoms with Crippen LogP contribution < -0.4 is 5.32 Å². The molecule has 0 bridgehead atoms. The number of nitrogens with zero attached hydrogens (tertiary/aromatic N) is 2. The summed E-state index contributed by atoms with van der Waals surface area (Å²) in [6.45, 7) is 0. The molecule has 2 aromatic heterocycles. The highest BCUT2D eigenvalue weighted by Gasteiger charge is 2.12. The molecular weight excluding hydrogens is 280 g/mol. The van der Waals surface area contributed by atoms with Crippen LogP contribution in [0.5, 0.6) is 0 Å². The highest BCUT2D eigenvalue weighted by molar-refractivity contribution is 5.96. The smallest absolute Gasteiger partial charge is 0.230 e. The molecule has 0 aliphatic rings. The number of nitrogens with one attached hydrogen (secondary N) is 2. The number of amides is 1. The van der Waals surface area contributed by atoms with E-state index in [9.17, 15) is 4.79 Å². The standard InChI is InChI=1S/C16H12N4O2/c21-16(8-14-12-3-1-2-4-15(12)22-20-14)18-11-6-5-10-9-17-19-13(10)7-11/h1-7,9H,8H2,(H,17,19)(H,18,21). The summed E-state index contributed by atoms with van der Waals surface area (Å²) in [5.41, 5.74) is 2.92. The van der Waals surface area contributed by atoms with Crippen LogP contribution in [0.2, 0.25) is 0 Å². The van der Waals surface area contributed by atoms with Crippen molar-refractivity contribution in [3.8, 4) is 0 Å². The van der Waals surface area contributed by atoms with Gasteiger partial charge in [0.15, 0.2) is 5.58 Å². The van der Waals surface area contributed by atoms with E-state index in [4.69, 9.17) is 4.52 Å². The van der Waals surface area contributed by atoms with Gasteiger partial charge in [-0.1, -0.05) is 17.3 Å². The molecule has 0 saturated heterocycles. The second-order valence-electron chi connectivity index (χ2n) is 5.02. The van der Waals surface area contributed by atoms with E-state index in [1.807, 2.05) is 42.5 Å². The largest absolute Gasteiger partial charge is 0.356 e. The fourth-order valence-electron chi connectivity index (χ4n) is 2.44. The normalized spacial score (nSPS) is 11.1. The first-order chi connectivity index (χ1) is 10.8. The number of hydrogen-bond donors (Lipinski definition) is 2. The summed E-state index contributed by atoms with van der Waals surface area (Å²) in [5.74, 6) is -0.141. The Kier molecular flexibility index (Phi) is 2.86. The Balaban J connectivity index is 1.54. The van der Waals surface area contributed by atoms with E-state index in [1.54, 1.807) is 6.20 Å². The Morgan fingerprint density at radius 3 is 3.09 bits per heavy atom. The minimum absolute atomic E-state index is 0.141. The average Bonchev–Trinajstić information content (AvgIpc) is 3.14. The Labute approximate surface area is 125 Å². The molecule has 2 aromatic carbocycles. The van der Waals surface area contributed by atoms with Crippen molar-refractivity contribution >= 4 is 33.5 Å². The number of hydrogen-bond acceptors (Lipinski definition) is 4. The zero-order valence-electron chi connectivity index (χ0n) is 11.5. The van der Waals surface area contributed by atoms with E-state index in [0.29, 0.717) is 11.3 Å². The van der Waals surface area contributed by atoms with Gasteiger partial charge < -0.3 is 9.84 Å². The lowest BCUT2D eigenvalue weighted by atomic mass is 10.1. The number of benzene rings is 2. The fraction of sp³-hybridized carbons (Fsp3) is 0.0625. The Morgan fingerprint density at radius 1 is 1.23 bits per heavy atom. The summed E-state index contributed by atoms with van der Waals surface area (Å²) in [4.78, 5) is 12.2. The molecule has 4 rings (SSSR count). The summed E-state index contributed by atoms with van der Waals surface area (Å²) >= 11 is 0. The molecule has 4 aromatic rings. The van der Waals surface area contributed by atoms with E-state index in [2.05, 4.69) is 20.7 Å². The zero-order valence-corrected chi connectivity index (χ0v) is 11.5. The molecule has 108 valence electrons.